The SMILES string of the molecule is CCN1CCCC(Cc2oncc2CO)C1. The van der Waals surface area contributed by atoms with E-state index in [1.54, 1.807) is 6.20 Å². The average molecular weight is 224 g/mol. The maximum atomic E-state index is 9.12. The summed E-state index contributed by atoms with van der Waals surface area (Å²) in [6.07, 6.45) is 5.05. The molecule has 1 aromatic rings. The fourth-order valence-electron chi connectivity index (χ4n) is 2.45. The molecule has 1 saturated heterocycles. The highest BCUT2D eigenvalue weighted by molar-refractivity contribution is 5.12. The molecule has 1 unspecified atom stereocenters. The van der Waals surface area contributed by atoms with Crippen molar-refractivity contribution in [2.45, 2.75) is 32.8 Å². The van der Waals surface area contributed by atoms with E-state index >= 15 is 0 Å². The van der Waals surface area contributed by atoms with Gasteiger partial charge in [-0.3, -0.25) is 0 Å². The first-order valence-corrected chi connectivity index (χ1v) is 6.09. The minimum absolute atomic E-state index is 0.0308. The zero-order chi connectivity index (χ0) is 11.4. The first kappa shape index (κ1) is 11.6. The third-order valence-electron chi connectivity index (χ3n) is 3.42. The van der Waals surface area contributed by atoms with Crippen LogP contribution in [-0.2, 0) is 13.0 Å². The van der Waals surface area contributed by atoms with Crippen molar-refractivity contribution in [1.29, 1.82) is 0 Å². The number of likely N-dealkylation sites (tertiary alicyclic amines) is 1. The first-order chi connectivity index (χ1) is 7.83. The lowest BCUT2D eigenvalue weighted by Crippen LogP contribution is -2.35. The van der Waals surface area contributed by atoms with E-state index in [0.717, 1.165) is 30.8 Å². The van der Waals surface area contributed by atoms with Crippen LogP contribution in [0.15, 0.2) is 10.7 Å². The van der Waals surface area contributed by atoms with Crippen LogP contribution in [0.4, 0.5) is 0 Å². The number of aliphatic hydroxyl groups excluding tert-OH is 1. The van der Waals surface area contributed by atoms with Gasteiger partial charge < -0.3 is 14.5 Å². The molecule has 90 valence electrons. The van der Waals surface area contributed by atoms with Gasteiger partial charge in [0.25, 0.3) is 0 Å². The average Bonchev–Trinajstić information content (AvgIpc) is 2.76. The van der Waals surface area contributed by atoms with Crippen molar-refractivity contribution >= 4 is 0 Å². The summed E-state index contributed by atoms with van der Waals surface area (Å²) in [6, 6.07) is 0. The maximum absolute atomic E-state index is 9.12. The smallest absolute Gasteiger partial charge is 0.142 e. The third-order valence-corrected chi connectivity index (χ3v) is 3.42. The minimum Gasteiger partial charge on any atom is -0.391 e. The Balaban J connectivity index is 1.93. The van der Waals surface area contributed by atoms with E-state index in [9.17, 15) is 0 Å². The Kier molecular flexibility index (Phi) is 3.96. The summed E-state index contributed by atoms with van der Waals surface area (Å²) in [5.74, 6) is 1.51. The minimum atomic E-state index is 0.0308. The predicted molar refractivity (Wildman–Crippen MR) is 61.0 cm³/mol. The molecule has 1 aromatic heterocycles. The molecule has 0 aromatic carbocycles. The van der Waals surface area contributed by atoms with Crippen LogP contribution in [0.1, 0.15) is 31.1 Å². The van der Waals surface area contributed by atoms with E-state index in [1.807, 2.05) is 0 Å². The Morgan fingerprint density at radius 2 is 2.50 bits per heavy atom. The van der Waals surface area contributed by atoms with Crippen molar-refractivity contribution in [1.82, 2.24) is 10.1 Å². The van der Waals surface area contributed by atoms with Crippen molar-refractivity contribution in [3.05, 3.63) is 17.5 Å². The van der Waals surface area contributed by atoms with E-state index in [-0.39, 0.29) is 6.61 Å². The molecule has 1 fully saturated rings. The fourth-order valence-corrected chi connectivity index (χ4v) is 2.45. The lowest BCUT2D eigenvalue weighted by atomic mass is 9.93. The van der Waals surface area contributed by atoms with Gasteiger partial charge >= 0.3 is 0 Å². The Labute approximate surface area is 96.2 Å². The molecular formula is C12H20N2O2. The number of aliphatic hydroxyl groups is 1. The summed E-state index contributed by atoms with van der Waals surface area (Å²) in [7, 11) is 0. The van der Waals surface area contributed by atoms with Crippen molar-refractivity contribution in [3.8, 4) is 0 Å². The number of aromatic nitrogens is 1. The maximum Gasteiger partial charge on any atom is 0.142 e. The standard InChI is InChI=1S/C12H20N2O2/c1-2-14-5-3-4-10(8-14)6-12-11(9-15)7-13-16-12/h7,10,15H,2-6,8-9H2,1H3. The van der Waals surface area contributed by atoms with Gasteiger partial charge in [-0.25, -0.2) is 0 Å². The van der Waals surface area contributed by atoms with E-state index < -0.39 is 0 Å². The summed E-state index contributed by atoms with van der Waals surface area (Å²) in [4.78, 5) is 2.48. The summed E-state index contributed by atoms with van der Waals surface area (Å²) >= 11 is 0. The van der Waals surface area contributed by atoms with Gasteiger partial charge in [0.1, 0.15) is 5.76 Å². The quantitative estimate of drug-likeness (QED) is 0.840. The van der Waals surface area contributed by atoms with Crippen LogP contribution in [-0.4, -0.2) is 34.8 Å². The second-order valence-corrected chi connectivity index (χ2v) is 4.54. The van der Waals surface area contributed by atoms with E-state index in [4.69, 9.17) is 9.63 Å². The Morgan fingerprint density at radius 1 is 1.62 bits per heavy atom. The molecule has 4 heteroatoms. The molecule has 0 aliphatic carbocycles. The largest absolute Gasteiger partial charge is 0.391 e. The second kappa shape index (κ2) is 5.46. The number of piperidine rings is 1. The summed E-state index contributed by atoms with van der Waals surface area (Å²) < 4.78 is 5.20. The molecule has 2 heterocycles. The normalized spacial score (nSPS) is 22.5. The molecule has 1 aliphatic heterocycles. The topological polar surface area (TPSA) is 49.5 Å². The van der Waals surface area contributed by atoms with Crippen molar-refractivity contribution in [3.63, 3.8) is 0 Å². The fraction of sp³-hybridized carbons (Fsp3) is 0.750. The van der Waals surface area contributed by atoms with Gasteiger partial charge in [-0.2, -0.15) is 0 Å². The van der Waals surface area contributed by atoms with Gasteiger partial charge in [0.05, 0.1) is 12.8 Å². The number of nitrogens with zero attached hydrogens (tertiary/aromatic N) is 2. The van der Waals surface area contributed by atoms with Gasteiger partial charge in [-0.1, -0.05) is 12.1 Å². The summed E-state index contributed by atoms with van der Waals surface area (Å²) in [5, 5.41) is 12.9. The molecule has 0 bridgehead atoms. The van der Waals surface area contributed by atoms with Crippen LogP contribution in [0, 0.1) is 5.92 Å². The van der Waals surface area contributed by atoms with Gasteiger partial charge in [0, 0.05) is 18.5 Å². The highest BCUT2D eigenvalue weighted by Gasteiger charge is 2.21. The second-order valence-electron chi connectivity index (χ2n) is 4.54. The lowest BCUT2D eigenvalue weighted by molar-refractivity contribution is 0.174. The molecule has 1 N–H and O–H groups in total. The Morgan fingerprint density at radius 3 is 3.25 bits per heavy atom. The molecule has 1 aliphatic rings. The molecule has 0 spiro atoms. The van der Waals surface area contributed by atoms with E-state index in [2.05, 4.69) is 17.0 Å². The Hall–Kier alpha value is -0.870. The summed E-state index contributed by atoms with van der Waals surface area (Å²) in [6.45, 7) is 5.72. The molecular weight excluding hydrogens is 204 g/mol. The molecule has 2 rings (SSSR count). The first-order valence-electron chi connectivity index (χ1n) is 6.09. The van der Waals surface area contributed by atoms with Crippen molar-refractivity contribution in [2.75, 3.05) is 19.6 Å². The number of hydrogen-bond donors (Lipinski definition) is 1. The summed E-state index contributed by atoms with van der Waals surface area (Å²) in [5.41, 5.74) is 0.841. The van der Waals surface area contributed by atoms with Gasteiger partial charge in [0.15, 0.2) is 0 Å². The van der Waals surface area contributed by atoms with Crippen LogP contribution in [0.2, 0.25) is 0 Å². The molecule has 16 heavy (non-hydrogen) atoms. The Bertz CT molecular complexity index is 325. The predicted octanol–water partition coefficient (Wildman–Crippen LogP) is 1.44. The van der Waals surface area contributed by atoms with Crippen LogP contribution in [0.3, 0.4) is 0 Å². The van der Waals surface area contributed by atoms with E-state index in [1.165, 1.54) is 19.4 Å². The molecule has 0 saturated carbocycles. The zero-order valence-electron chi connectivity index (χ0n) is 9.85. The highest BCUT2D eigenvalue weighted by atomic mass is 16.5. The van der Waals surface area contributed by atoms with Crippen LogP contribution < -0.4 is 0 Å². The lowest BCUT2D eigenvalue weighted by Gasteiger charge is -2.31. The molecule has 0 radical (unpaired) electrons. The monoisotopic (exact) mass is 224 g/mol. The molecule has 1 atom stereocenters. The van der Waals surface area contributed by atoms with Crippen LogP contribution >= 0.6 is 0 Å². The van der Waals surface area contributed by atoms with Crippen LogP contribution in [0.5, 0.6) is 0 Å². The number of rotatable bonds is 4. The number of hydrogen-bond acceptors (Lipinski definition) is 4. The van der Waals surface area contributed by atoms with Gasteiger partial charge in [0.2, 0.25) is 0 Å². The van der Waals surface area contributed by atoms with Crippen molar-refractivity contribution in [2.24, 2.45) is 5.92 Å². The highest BCUT2D eigenvalue weighted by Crippen LogP contribution is 2.22. The van der Waals surface area contributed by atoms with Crippen LogP contribution in [0.25, 0.3) is 0 Å². The molecule has 4 nitrogen and oxygen atoms in total. The van der Waals surface area contributed by atoms with Gasteiger partial charge in [-0.05, 0) is 31.8 Å². The van der Waals surface area contributed by atoms with Gasteiger partial charge in [-0.15, -0.1) is 0 Å². The van der Waals surface area contributed by atoms with E-state index in [0.29, 0.717) is 5.92 Å². The zero-order valence-corrected chi connectivity index (χ0v) is 9.85. The molecule has 0 amide bonds. The van der Waals surface area contributed by atoms with Crippen molar-refractivity contribution < 1.29 is 9.63 Å². The third kappa shape index (κ3) is 2.62.